The van der Waals surface area contributed by atoms with E-state index in [1.807, 2.05) is 0 Å². The first-order valence-electron chi connectivity index (χ1n) is 6.64. The highest BCUT2D eigenvalue weighted by Gasteiger charge is 2.18. The van der Waals surface area contributed by atoms with Crippen molar-refractivity contribution in [2.45, 2.75) is 5.16 Å². The quantitative estimate of drug-likeness (QED) is 0.582. The summed E-state index contributed by atoms with van der Waals surface area (Å²) in [7, 11) is 0. The molecule has 0 unspecified atom stereocenters. The van der Waals surface area contributed by atoms with Gasteiger partial charge in [0.25, 0.3) is 5.91 Å². The van der Waals surface area contributed by atoms with Gasteiger partial charge in [0.2, 0.25) is 22.6 Å². The Kier molecular flexibility index (Phi) is 4.90. The molecule has 0 radical (unpaired) electrons. The Labute approximate surface area is 148 Å². The number of hydrogen-bond acceptors (Lipinski definition) is 9. The van der Waals surface area contributed by atoms with Gasteiger partial charge in [-0.1, -0.05) is 29.4 Å². The molecule has 128 valence electrons. The van der Waals surface area contributed by atoms with Crippen molar-refractivity contribution in [3.05, 3.63) is 35.0 Å². The Balaban J connectivity index is 1.66. The van der Waals surface area contributed by atoms with E-state index < -0.39 is 11.8 Å². The van der Waals surface area contributed by atoms with Gasteiger partial charge in [-0.3, -0.25) is 9.59 Å². The maximum absolute atomic E-state index is 12.0. The van der Waals surface area contributed by atoms with Gasteiger partial charge in [-0.2, -0.15) is 4.68 Å². The number of nitrogens with one attached hydrogen (secondary N) is 1. The molecule has 0 atom stereocenters. The first-order valence-corrected chi connectivity index (χ1v) is 8.00. The van der Waals surface area contributed by atoms with Crippen LogP contribution >= 0.6 is 23.4 Å². The van der Waals surface area contributed by atoms with E-state index in [-0.39, 0.29) is 17.3 Å². The fourth-order valence-corrected chi connectivity index (χ4v) is 2.64. The Morgan fingerprint density at radius 2 is 2.20 bits per heavy atom. The van der Waals surface area contributed by atoms with Gasteiger partial charge in [0.1, 0.15) is 0 Å². The summed E-state index contributed by atoms with van der Waals surface area (Å²) in [6, 6.07) is 6.93. The van der Waals surface area contributed by atoms with Gasteiger partial charge in [0, 0.05) is 5.02 Å². The molecule has 25 heavy (non-hydrogen) atoms. The summed E-state index contributed by atoms with van der Waals surface area (Å²) in [6.07, 6.45) is 0. The van der Waals surface area contributed by atoms with Crippen molar-refractivity contribution >= 4 is 41.0 Å². The average Bonchev–Trinajstić information content (AvgIpc) is 3.21. The maximum atomic E-state index is 12.0. The van der Waals surface area contributed by atoms with Crippen LogP contribution in [0.3, 0.4) is 0 Å². The number of benzene rings is 1. The number of primary amides is 1. The molecule has 0 aliphatic rings. The zero-order valence-corrected chi connectivity index (χ0v) is 13.9. The molecule has 1 aromatic carbocycles. The molecule has 13 heteroatoms. The summed E-state index contributed by atoms with van der Waals surface area (Å²) < 4.78 is 5.82. The molecule has 0 saturated heterocycles. The number of carbonyl (C=O) groups excluding carboxylic acids is 2. The van der Waals surface area contributed by atoms with Crippen molar-refractivity contribution in [2.24, 2.45) is 5.73 Å². The van der Waals surface area contributed by atoms with Gasteiger partial charge in [0.15, 0.2) is 0 Å². The number of amides is 2. The Morgan fingerprint density at radius 1 is 1.36 bits per heavy atom. The van der Waals surface area contributed by atoms with Crippen molar-refractivity contribution < 1.29 is 14.2 Å². The van der Waals surface area contributed by atoms with Gasteiger partial charge in [-0.05, 0) is 38.9 Å². The van der Waals surface area contributed by atoms with Crippen LogP contribution in [0.15, 0.2) is 34.1 Å². The molecule has 2 amide bonds. The number of anilines is 1. The largest absolute Gasteiger partial charge is 0.364 e. The van der Waals surface area contributed by atoms with E-state index in [9.17, 15) is 9.59 Å². The van der Waals surface area contributed by atoms with Crippen LogP contribution in [0.25, 0.3) is 5.69 Å². The fraction of sp³-hybridized carbons (Fsp3) is 0.0833. The molecule has 11 nitrogen and oxygen atoms in total. The number of carbonyl (C=O) groups is 2. The Hall–Kier alpha value is -2.99. The molecular formula is C12H9ClN8O3S. The van der Waals surface area contributed by atoms with E-state index in [2.05, 4.69) is 35.8 Å². The molecule has 0 spiro atoms. The average molecular weight is 381 g/mol. The molecule has 0 saturated carbocycles. The zero-order chi connectivity index (χ0) is 17.8. The van der Waals surface area contributed by atoms with Crippen molar-refractivity contribution in [1.29, 1.82) is 0 Å². The minimum absolute atomic E-state index is 0.0496. The number of halogens is 1. The monoisotopic (exact) mass is 380 g/mol. The Bertz CT molecular complexity index is 926. The third-order valence-electron chi connectivity index (χ3n) is 2.81. The normalized spacial score (nSPS) is 10.6. The van der Waals surface area contributed by atoms with Crippen molar-refractivity contribution in [3.63, 3.8) is 0 Å². The minimum Gasteiger partial charge on any atom is -0.364 e. The SMILES string of the molecule is NC(=O)c1nonc1NC(=O)CSc1nnnn1-c1cccc(Cl)c1. The van der Waals surface area contributed by atoms with Gasteiger partial charge in [-0.15, -0.1) is 5.10 Å². The van der Waals surface area contributed by atoms with E-state index in [1.165, 1.54) is 4.68 Å². The molecule has 3 rings (SSSR count). The summed E-state index contributed by atoms with van der Waals surface area (Å²) in [5.41, 5.74) is 5.47. The van der Waals surface area contributed by atoms with E-state index in [0.717, 1.165) is 11.8 Å². The summed E-state index contributed by atoms with van der Waals surface area (Å²) >= 11 is 7.02. The minimum atomic E-state index is -0.867. The smallest absolute Gasteiger partial charge is 0.274 e. The zero-order valence-electron chi connectivity index (χ0n) is 12.3. The summed E-state index contributed by atoms with van der Waals surface area (Å²) in [5.74, 6) is -1.53. The van der Waals surface area contributed by atoms with Crippen LogP contribution in [0.4, 0.5) is 5.82 Å². The molecule has 3 aromatic rings. The van der Waals surface area contributed by atoms with Crippen molar-refractivity contribution in [2.75, 3.05) is 11.1 Å². The highest BCUT2D eigenvalue weighted by atomic mass is 35.5. The van der Waals surface area contributed by atoms with Crippen LogP contribution in [-0.2, 0) is 4.79 Å². The van der Waals surface area contributed by atoms with E-state index in [1.54, 1.807) is 24.3 Å². The summed E-state index contributed by atoms with van der Waals surface area (Å²) in [5, 5.41) is 21.3. The van der Waals surface area contributed by atoms with Gasteiger partial charge in [0.05, 0.1) is 11.4 Å². The first kappa shape index (κ1) is 16.9. The maximum Gasteiger partial charge on any atom is 0.274 e. The van der Waals surface area contributed by atoms with Gasteiger partial charge >= 0.3 is 0 Å². The molecule has 2 aromatic heterocycles. The van der Waals surface area contributed by atoms with Crippen LogP contribution in [0.2, 0.25) is 5.02 Å². The molecular weight excluding hydrogens is 372 g/mol. The third kappa shape index (κ3) is 3.92. The molecule has 0 aliphatic carbocycles. The molecule has 2 heterocycles. The van der Waals surface area contributed by atoms with E-state index in [0.29, 0.717) is 15.9 Å². The predicted octanol–water partition coefficient (Wildman–Crippen LogP) is 0.528. The number of rotatable bonds is 6. The second-order valence-corrected chi connectivity index (χ2v) is 5.89. The molecule has 0 bridgehead atoms. The van der Waals surface area contributed by atoms with Crippen LogP contribution in [0.1, 0.15) is 10.5 Å². The topological polar surface area (TPSA) is 155 Å². The standard InChI is InChI=1S/C12H9ClN8O3S/c13-6-2-1-3-7(4-6)21-12(16-19-20-21)25-5-8(22)15-11-9(10(14)23)17-24-18-11/h1-4H,5H2,(H2,14,23)(H,15,18,22). The number of hydrogen-bond donors (Lipinski definition) is 2. The number of nitrogens with zero attached hydrogens (tertiary/aromatic N) is 6. The van der Waals surface area contributed by atoms with E-state index in [4.69, 9.17) is 17.3 Å². The van der Waals surface area contributed by atoms with Crippen LogP contribution in [0.5, 0.6) is 0 Å². The molecule has 3 N–H and O–H groups in total. The van der Waals surface area contributed by atoms with E-state index >= 15 is 0 Å². The lowest BCUT2D eigenvalue weighted by Crippen LogP contribution is -2.19. The first-order chi connectivity index (χ1) is 12.0. The van der Waals surface area contributed by atoms with Crippen molar-refractivity contribution in [3.8, 4) is 5.69 Å². The lowest BCUT2D eigenvalue weighted by atomic mass is 10.3. The summed E-state index contributed by atoms with van der Waals surface area (Å²) in [4.78, 5) is 23.1. The molecule has 0 fully saturated rings. The van der Waals surface area contributed by atoms with Crippen LogP contribution in [0, 0.1) is 0 Å². The van der Waals surface area contributed by atoms with Crippen molar-refractivity contribution in [1.82, 2.24) is 30.5 Å². The number of thioether (sulfide) groups is 1. The highest BCUT2D eigenvalue weighted by Crippen LogP contribution is 2.20. The summed E-state index contributed by atoms with van der Waals surface area (Å²) in [6.45, 7) is 0. The lowest BCUT2D eigenvalue weighted by molar-refractivity contribution is -0.113. The predicted molar refractivity (Wildman–Crippen MR) is 86.3 cm³/mol. The third-order valence-corrected chi connectivity index (χ3v) is 3.96. The van der Waals surface area contributed by atoms with Crippen LogP contribution < -0.4 is 11.1 Å². The number of aromatic nitrogens is 6. The van der Waals surface area contributed by atoms with Gasteiger partial charge < -0.3 is 11.1 Å². The second-order valence-electron chi connectivity index (χ2n) is 4.52. The molecule has 0 aliphatic heterocycles. The Morgan fingerprint density at radius 3 is 2.96 bits per heavy atom. The number of tetrazole rings is 1. The fourth-order valence-electron chi connectivity index (χ4n) is 1.77. The number of nitrogens with two attached hydrogens (primary N) is 1. The second kappa shape index (κ2) is 7.27. The van der Waals surface area contributed by atoms with Gasteiger partial charge in [-0.25, -0.2) is 4.63 Å². The van der Waals surface area contributed by atoms with Crippen LogP contribution in [-0.4, -0.2) is 48.1 Å². The lowest BCUT2D eigenvalue weighted by Gasteiger charge is -2.04. The highest BCUT2D eigenvalue weighted by molar-refractivity contribution is 7.99.